The van der Waals surface area contributed by atoms with E-state index in [1.165, 1.54) is 35.9 Å². The zero-order chi connectivity index (χ0) is 20.0. The molecule has 2 heterocycles. The Balaban J connectivity index is 1.47. The van der Waals surface area contributed by atoms with Crippen LogP contribution in [0.2, 0.25) is 0 Å². The van der Waals surface area contributed by atoms with E-state index >= 15 is 0 Å². The summed E-state index contributed by atoms with van der Waals surface area (Å²) in [6.45, 7) is 3.66. The normalized spacial score (nSPS) is 15.8. The molecule has 0 radical (unpaired) electrons. The molecule has 1 aromatic carbocycles. The highest BCUT2D eigenvalue weighted by atomic mass is 19.4. The zero-order valence-electron chi connectivity index (χ0n) is 15.1. The van der Waals surface area contributed by atoms with Crippen molar-refractivity contribution in [2.75, 3.05) is 26.2 Å². The van der Waals surface area contributed by atoms with Crippen molar-refractivity contribution >= 4 is 12.0 Å². The molecule has 0 aliphatic carbocycles. The lowest BCUT2D eigenvalue weighted by Crippen LogP contribution is -2.47. The van der Waals surface area contributed by atoms with Crippen molar-refractivity contribution in [2.24, 2.45) is 0 Å². The first-order valence-corrected chi connectivity index (χ1v) is 8.83. The Morgan fingerprint density at radius 1 is 1.04 bits per heavy atom. The molecule has 0 N–H and O–H groups in total. The molecule has 1 aliphatic heterocycles. The van der Waals surface area contributed by atoms with Crippen molar-refractivity contribution in [3.63, 3.8) is 0 Å². The minimum atomic E-state index is -4.72. The van der Waals surface area contributed by atoms with Gasteiger partial charge in [0.2, 0.25) is 5.91 Å². The third kappa shape index (κ3) is 6.09. The molecule has 148 valence electrons. The Kier molecular flexibility index (Phi) is 6.30. The monoisotopic (exact) mass is 391 g/mol. The molecule has 8 heteroatoms. The highest BCUT2D eigenvalue weighted by Crippen LogP contribution is 2.23. The standard InChI is InChI=1S/C20H20F3N3O2/c21-20(22,23)28-18-4-1-16(2-5-18)3-6-19(27)26-13-11-25(12-14-26)15-17-7-9-24-10-8-17/h1-10H,11-15H2/b6-3+. The van der Waals surface area contributed by atoms with Crippen LogP contribution in [0.15, 0.2) is 54.9 Å². The van der Waals surface area contributed by atoms with Crippen LogP contribution in [-0.4, -0.2) is 53.2 Å². The number of carbonyl (C=O) groups is 1. The van der Waals surface area contributed by atoms with E-state index < -0.39 is 6.36 Å². The summed E-state index contributed by atoms with van der Waals surface area (Å²) in [5.41, 5.74) is 1.81. The number of halogens is 3. The molecule has 1 amide bonds. The predicted molar refractivity (Wildman–Crippen MR) is 98.3 cm³/mol. The van der Waals surface area contributed by atoms with Crippen LogP contribution < -0.4 is 4.74 Å². The number of ether oxygens (including phenoxy) is 1. The quantitative estimate of drug-likeness (QED) is 0.734. The van der Waals surface area contributed by atoms with Gasteiger partial charge in [0.15, 0.2) is 0 Å². The minimum absolute atomic E-state index is 0.112. The minimum Gasteiger partial charge on any atom is -0.406 e. The highest BCUT2D eigenvalue weighted by molar-refractivity contribution is 5.91. The molecule has 0 spiro atoms. The fraction of sp³-hybridized carbons (Fsp3) is 0.300. The summed E-state index contributed by atoms with van der Waals surface area (Å²) < 4.78 is 40.3. The van der Waals surface area contributed by atoms with Gasteiger partial charge in [0.05, 0.1) is 0 Å². The van der Waals surface area contributed by atoms with Crippen LogP contribution in [0.5, 0.6) is 5.75 Å². The van der Waals surface area contributed by atoms with Gasteiger partial charge in [-0.05, 0) is 41.5 Å². The highest BCUT2D eigenvalue weighted by Gasteiger charge is 2.30. The van der Waals surface area contributed by atoms with E-state index in [-0.39, 0.29) is 11.7 Å². The smallest absolute Gasteiger partial charge is 0.406 e. The molecular weight excluding hydrogens is 371 g/mol. The first-order valence-electron chi connectivity index (χ1n) is 8.83. The van der Waals surface area contributed by atoms with Crippen molar-refractivity contribution in [2.45, 2.75) is 12.9 Å². The Labute approximate surface area is 161 Å². The summed E-state index contributed by atoms with van der Waals surface area (Å²) in [5, 5.41) is 0. The number of amides is 1. The molecule has 28 heavy (non-hydrogen) atoms. The zero-order valence-corrected chi connectivity index (χ0v) is 15.1. The molecule has 0 atom stereocenters. The molecular formula is C20H20F3N3O2. The lowest BCUT2D eigenvalue weighted by atomic mass is 10.2. The van der Waals surface area contributed by atoms with Gasteiger partial charge in [0.25, 0.3) is 0 Å². The summed E-state index contributed by atoms with van der Waals surface area (Å²) in [4.78, 5) is 20.4. The number of benzene rings is 1. The Morgan fingerprint density at radius 2 is 1.68 bits per heavy atom. The maximum Gasteiger partial charge on any atom is 0.573 e. The summed E-state index contributed by atoms with van der Waals surface area (Å²) in [7, 11) is 0. The molecule has 3 rings (SSSR count). The number of rotatable bonds is 5. The van der Waals surface area contributed by atoms with E-state index in [1.807, 2.05) is 12.1 Å². The number of aromatic nitrogens is 1. The molecule has 1 saturated heterocycles. The van der Waals surface area contributed by atoms with E-state index in [4.69, 9.17) is 0 Å². The number of pyridine rings is 1. The van der Waals surface area contributed by atoms with Gasteiger partial charge >= 0.3 is 6.36 Å². The number of alkyl halides is 3. The van der Waals surface area contributed by atoms with Crippen molar-refractivity contribution in [3.05, 3.63) is 66.0 Å². The second-order valence-electron chi connectivity index (χ2n) is 6.41. The van der Waals surface area contributed by atoms with Crippen LogP contribution in [0.1, 0.15) is 11.1 Å². The molecule has 1 aliphatic rings. The fourth-order valence-electron chi connectivity index (χ4n) is 2.93. The molecule has 0 saturated carbocycles. The summed E-state index contributed by atoms with van der Waals surface area (Å²) in [6.07, 6.45) is 1.84. The van der Waals surface area contributed by atoms with Gasteiger partial charge in [-0.15, -0.1) is 13.2 Å². The molecule has 1 aromatic heterocycles. The summed E-state index contributed by atoms with van der Waals surface area (Å²) >= 11 is 0. The van der Waals surface area contributed by atoms with E-state index in [0.717, 1.165) is 19.6 Å². The second kappa shape index (κ2) is 8.88. The maximum absolute atomic E-state index is 12.3. The largest absolute Gasteiger partial charge is 0.573 e. The second-order valence-corrected chi connectivity index (χ2v) is 6.41. The summed E-state index contributed by atoms with van der Waals surface area (Å²) in [6, 6.07) is 9.33. The third-order valence-corrected chi connectivity index (χ3v) is 4.37. The van der Waals surface area contributed by atoms with Gasteiger partial charge in [-0.1, -0.05) is 12.1 Å². The number of piperazine rings is 1. The first kappa shape index (κ1) is 19.9. The van der Waals surface area contributed by atoms with Gasteiger partial charge < -0.3 is 9.64 Å². The molecule has 5 nitrogen and oxygen atoms in total. The van der Waals surface area contributed by atoms with Crippen molar-refractivity contribution < 1.29 is 22.7 Å². The van der Waals surface area contributed by atoms with Crippen LogP contribution in [-0.2, 0) is 11.3 Å². The number of carbonyl (C=O) groups excluding carboxylic acids is 1. The van der Waals surface area contributed by atoms with Gasteiger partial charge in [0, 0.05) is 51.2 Å². The molecule has 1 fully saturated rings. The maximum atomic E-state index is 12.3. The van der Waals surface area contributed by atoms with E-state index in [0.29, 0.717) is 18.7 Å². The SMILES string of the molecule is O=C(/C=C/c1ccc(OC(F)(F)F)cc1)N1CCN(Cc2ccncc2)CC1. The van der Waals surface area contributed by atoms with Crippen LogP contribution in [0.25, 0.3) is 6.08 Å². The van der Waals surface area contributed by atoms with Gasteiger partial charge in [-0.25, -0.2) is 0 Å². The fourth-order valence-corrected chi connectivity index (χ4v) is 2.93. The van der Waals surface area contributed by atoms with E-state index in [2.05, 4.69) is 14.6 Å². The summed E-state index contributed by atoms with van der Waals surface area (Å²) in [5.74, 6) is -0.402. The van der Waals surface area contributed by atoms with Crippen LogP contribution >= 0.6 is 0 Å². The third-order valence-electron chi connectivity index (χ3n) is 4.37. The molecule has 0 unspecified atom stereocenters. The number of hydrogen-bond acceptors (Lipinski definition) is 4. The van der Waals surface area contributed by atoms with E-state index in [1.54, 1.807) is 23.4 Å². The topological polar surface area (TPSA) is 45.7 Å². The lowest BCUT2D eigenvalue weighted by Gasteiger charge is -2.34. The van der Waals surface area contributed by atoms with Gasteiger partial charge in [0.1, 0.15) is 5.75 Å². The average Bonchev–Trinajstić information content (AvgIpc) is 2.67. The van der Waals surface area contributed by atoms with Crippen molar-refractivity contribution in [1.82, 2.24) is 14.8 Å². The van der Waals surface area contributed by atoms with E-state index in [9.17, 15) is 18.0 Å². The Morgan fingerprint density at radius 3 is 2.29 bits per heavy atom. The Bertz CT molecular complexity index is 800. The molecule has 0 bridgehead atoms. The Hall–Kier alpha value is -2.87. The van der Waals surface area contributed by atoms with Crippen molar-refractivity contribution in [1.29, 1.82) is 0 Å². The lowest BCUT2D eigenvalue weighted by molar-refractivity contribution is -0.274. The first-order chi connectivity index (χ1) is 13.4. The molecule has 2 aromatic rings. The van der Waals surface area contributed by atoms with Gasteiger partial charge in [-0.2, -0.15) is 0 Å². The van der Waals surface area contributed by atoms with Crippen molar-refractivity contribution in [3.8, 4) is 5.75 Å². The van der Waals surface area contributed by atoms with Crippen LogP contribution in [0, 0.1) is 0 Å². The van der Waals surface area contributed by atoms with Crippen LogP contribution in [0.3, 0.4) is 0 Å². The number of nitrogens with zero attached hydrogens (tertiary/aromatic N) is 3. The average molecular weight is 391 g/mol. The van der Waals surface area contributed by atoms with Gasteiger partial charge in [-0.3, -0.25) is 14.7 Å². The predicted octanol–water partition coefficient (Wildman–Crippen LogP) is 3.34. The van der Waals surface area contributed by atoms with Crippen LogP contribution in [0.4, 0.5) is 13.2 Å². The number of hydrogen-bond donors (Lipinski definition) is 0.